The third kappa shape index (κ3) is 2.73. The van der Waals surface area contributed by atoms with E-state index in [1.54, 1.807) is 13.1 Å². The Morgan fingerprint density at radius 2 is 2.29 bits per heavy atom. The number of likely N-dealkylation sites (tertiary alicyclic amines) is 1. The van der Waals surface area contributed by atoms with Crippen LogP contribution in [0.3, 0.4) is 0 Å². The van der Waals surface area contributed by atoms with Crippen molar-refractivity contribution in [3.05, 3.63) is 51.4 Å². The minimum atomic E-state index is -0.143. The Morgan fingerprint density at radius 3 is 3.08 bits per heavy atom. The molecule has 1 aliphatic heterocycles. The number of thiazole rings is 1. The number of nitrogens with zero attached hydrogens (tertiary/aromatic N) is 4. The second kappa shape index (κ2) is 5.86. The van der Waals surface area contributed by atoms with Crippen molar-refractivity contribution in [2.75, 3.05) is 13.1 Å². The molecule has 1 fully saturated rings. The molecule has 0 aliphatic carbocycles. The van der Waals surface area contributed by atoms with Gasteiger partial charge in [0.1, 0.15) is 11.5 Å². The molecule has 3 aromatic rings. The first kappa shape index (κ1) is 15.1. The SMILES string of the molecule is Cc1nc(C2CCCN(C(=O)c3cn4ccsc4n3)C2)cc(=O)[nH]1. The Hall–Kier alpha value is -2.48. The molecule has 4 rings (SSSR count). The van der Waals surface area contributed by atoms with Crippen LogP contribution in [0.4, 0.5) is 0 Å². The number of imidazole rings is 1. The summed E-state index contributed by atoms with van der Waals surface area (Å²) in [6.07, 6.45) is 5.49. The van der Waals surface area contributed by atoms with Gasteiger partial charge in [-0.1, -0.05) is 0 Å². The molecule has 1 unspecified atom stereocenters. The molecular weight excluding hydrogens is 326 g/mol. The fraction of sp³-hybridized carbons (Fsp3) is 0.375. The highest BCUT2D eigenvalue weighted by atomic mass is 32.1. The van der Waals surface area contributed by atoms with Crippen molar-refractivity contribution in [3.8, 4) is 0 Å². The molecule has 124 valence electrons. The minimum Gasteiger partial charge on any atom is -0.337 e. The Kier molecular flexibility index (Phi) is 3.68. The normalized spacial score (nSPS) is 18.2. The predicted octanol–water partition coefficient (Wildman–Crippen LogP) is 1.81. The van der Waals surface area contributed by atoms with E-state index in [-0.39, 0.29) is 17.4 Å². The molecule has 0 bridgehead atoms. The van der Waals surface area contributed by atoms with Crippen molar-refractivity contribution in [1.29, 1.82) is 0 Å². The number of carbonyl (C=O) groups is 1. The Bertz CT molecular complexity index is 928. The topological polar surface area (TPSA) is 83.4 Å². The summed E-state index contributed by atoms with van der Waals surface area (Å²) >= 11 is 1.51. The number of rotatable bonds is 2. The zero-order chi connectivity index (χ0) is 16.7. The highest BCUT2D eigenvalue weighted by Crippen LogP contribution is 2.26. The van der Waals surface area contributed by atoms with Gasteiger partial charge >= 0.3 is 0 Å². The van der Waals surface area contributed by atoms with Crippen LogP contribution in [0, 0.1) is 6.92 Å². The van der Waals surface area contributed by atoms with Crippen LogP contribution in [0.15, 0.2) is 28.6 Å². The summed E-state index contributed by atoms with van der Waals surface area (Å²) in [5, 5.41) is 1.94. The summed E-state index contributed by atoms with van der Waals surface area (Å²) in [5.74, 6) is 0.639. The maximum Gasteiger partial charge on any atom is 0.274 e. The molecule has 0 saturated carbocycles. The molecule has 1 saturated heterocycles. The summed E-state index contributed by atoms with van der Waals surface area (Å²) in [6, 6.07) is 1.54. The maximum atomic E-state index is 12.7. The van der Waals surface area contributed by atoms with Crippen molar-refractivity contribution in [1.82, 2.24) is 24.3 Å². The van der Waals surface area contributed by atoms with E-state index >= 15 is 0 Å². The van der Waals surface area contributed by atoms with Crippen LogP contribution in [0.5, 0.6) is 0 Å². The highest BCUT2D eigenvalue weighted by Gasteiger charge is 2.28. The number of amides is 1. The molecule has 4 heterocycles. The lowest BCUT2D eigenvalue weighted by Crippen LogP contribution is -2.39. The molecule has 1 aliphatic rings. The molecule has 24 heavy (non-hydrogen) atoms. The van der Waals surface area contributed by atoms with Crippen molar-refractivity contribution in [3.63, 3.8) is 0 Å². The zero-order valence-corrected chi connectivity index (χ0v) is 14.0. The van der Waals surface area contributed by atoms with Crippen LogP contribution in [-0.2, 0) is 0 Å². The standard InChI is InChI=1S/C16H17N5O2S/c1-10-17-12(7-14(22)18-10)11-3-2-4-20(8-11)15(23)13-9-21-5-6-24-16(21)19-13/h5-7,9,11H,2-4,8H2,1H3,(H,17,18,22). The lowest BCUT2D eigenvalue weighted by Gasteiger charge is -2.32. The van der Waals surface area contributed by atoms with Gasteiger partial charge in [0, 0.05) is 42.8 Å². The van der Waals surface area contributed by atoms with E-state index in [0.29, 0.717) is 24.6 Å². The van der Waals surface area contributed by atoms with E-state index in [0.717, 1.165) is 23.5 Å². The van der Waals surface area contributed by atoms with Crippen LogP contribution in [0.2, 0.25) is 0 Å². The summed E-state index contributed by atoms with van der Waals surface area (Å²) in [6.45, 7) is 3.05. The van der Waals surface area contributed by atoms with Crippen LogP contribution in [0.25, 0.3) is 4.96 Å². The third-order valence-corrected chi connectivity index (χ3v) is 5.09. The van der Waals surface area contributed by atoms with E-state index in [2.05, 4.69) is 15.0 Å². The summed E-state index contributed by atoms with van der Waals surface area (Å²) < 4.78 is 1.86. The largest absolute Gasteiger partial charge is 0.337 e. The van der Waals surface area contributed by atoms with Gasteiger partial charge in [0.15, 0.2) is 4.96 Å². The Labute approximate surface area is 142 Å². The van der Waals surface area contributed by atoms with E-state index in [4.69, 9.17) is 0 Å². The molecule has 1 N–H and O–H groups in total. The molecule has 0 radical (unpaired) electrons. The first-order chi connectivity index (χ1) is 11.6. The quantitative estimate of drug-likeness (QED) is 0.769. The average Bonchev–Trinajstić information content (AvgIpc) is 3.15. The minimum absolute atomic E-state index is 0.0582. The molecule has 0 spiro atoms. The fourth-order valence-corrected chi connectivity index (χ4v) is 3.91. The van der Waals surface area contributed by atoms with E-state index in [9.17, 15) is 9.59 Å². The lowest BCUT2D eigenvalue weighted by molar-refractivity contribution is 0.0700. The van der Waals surface area contributed by atoms with E-state index in [1.165, 1.54) is 17.4 Å². The van der Waals surface area contributed by atoms with Gasteiger partial charge in [-0.05, 0) is 19.8 Å². The third-order valence-electron chi connectivity index (χ3n) is 4.32. The number of piperidine rings is 1. The van der Waals surface area contributed by atoms with Crippen molar-refractivity contribution >= 4 is 22.2 Å². The summed E-state index contributed by atoms with van der Waals surface area (Å²) in [4.78, 5) is 38.5. The Morgan fingerprint density at radius 1 is 1.42 bits per heavy atom. The van der Waals surface area contributed by atoms with Crippen LogP contribution in [-0.4, -0.2) is 43.2 Å². The van der Waals surface area contributed by atoms with Gasteiger partial charge in [-0.25, -0.2) is 9.97 Å². The predicted molar refractivity (Wildman–Crippen MR) is 90.5 cm³/mol. The first-order valence-corrected chi connectivity index (χ1v) is 8.77. The number of aromatic amines is 1. The fourth-order valence-electron chi connectivity index (χ4n) is 3.21. The van der Waals surface area contributed by atoms with Gasteiger partial charge in [-0.15, -0.1) is 11.3 Å². The number of aromatic nitrogens is 4. The number of hydrogen-bond acceptors (Lipinski definition) is 5. The number of aryl methyl sites for hydroxylation is 1. The smallest absolute Gasteiger partial charge is 0.274 e. The zero-order valence-electron chi connectivity index (χ0n) is 13.2. The van der Waals surface area contributed by atoms with Gasteiger partial charge in [-0.3, -0.25) is 14.0 Å². The Balaban J connectivity index is 1.56. The molecule has 3 aromatic heterocycles. The van der Waals surface area contributed by atoms with E-state index < -0.39 is 0 Å². The van der Waals surface area contributed by atoms with Crippen LogP contribution >= 0.6 is 11.3 Å². The number of nitrogens with one attached hydrogen (secondary N) is 1. The van der Waals surface area contributed by atoms with Gasteiger partial charge in [-0.2, -0.15) is 0 Å². The molecule has 0 aromatic carbocycles. The lowest BCUT2D eigenvalue weighted by atomic mass is 9.94. The maximum absolute atomic E-state index is 12.7. The van der Waals surface area contributed by atoms with Gasteiger partial charge in [0.25, 0.3) is 11.5 Å². The number of carbonyl (C=O) groups excluding carboxylic acids is 1. The molecule has 1 amide bonds. The molecule has 8 heteroatoms. The summed E-state index contributed by atoms with van der Waals surface area (Å²) in [5.41, 5.74) is 1.09. The van der Waals surface area contributed by atoms with Gasteiger partial charge < -0.3 is 9.88 Å². The van der Waals surface area contributed by atoms with Crippen LogP contribution < -0.4 is 5.56 Å². The second-order valence-corrected chi connectivity index (χ2v) is 6.94. The number of fused-ring (bicyclic) bond motifs is 1. The van der Waals surface area contributed by atoms with Crippen molar-refractivity contribution in [2.24, 2.45) is 0 Å². The number of H-pyrrole nitrogens is 1. The second-order valence-electron chi connectivity index (χ2n) is 6.06. The van der Waals surface area contributed by atoms with Crippen molar-refractivity contribution < 1.29 is 4.79 Å². The average molecular weight is 343 g/mol. The molecular formula is C16H17N5O2S. The monoisotopic (exact) mass is 343 g/mol. The molecule has 1 atom stereocenters. The molecule has 7 nitrogen and oxygen atoms in total. The summed E-state index contributed by atoms with van der Waals surface area (Å²) in [7, 11) is 0. The van der Waals surface area contributed by atoms with Crippen molar-refractivity contribution in [2.45, 2.75) is 25.7 Å². The van der Waals surface area contributed by atoms with Gasteiger partial charge in [0.2, 0.25) is 0 Å². The van der Waals surface area contributed by atoms with Gasteiger partial charge in [0.05, 0.1) is 5.69 Å². The van der Waals surface area contributed by atoms with E-state index in [1.807, 2.05) is 20.9 Å². The first-order valence-electron chi connectivity index (χ1n) is 7.89. The number of hydrogen-bond donors (Lipinski definition) is 1. The highest BCUT2D eigenvalue weighted by molar-refractivity contribution is 7.15. The van der Waals surface area contributed by atoms with Crippen LogP contribution in [0.1, 0.15) is 40.8 Å².